The van der Waals surface area contributed by atoms with E-state index in [1.54, 1.807) is 6.20 Å². The molecule has 0 aliphatic heterocycles. The Labute approximate surface area is 101 Å². The van der Waals surface area contributed by atoms with Gasteiger partial charge in [0.15, 0.2) is 0 Å². The van der Waals surface area contributed by atoms with Crippen molar-refractivity contribution in [2.24, 2.45) is 0 Å². The van der Waals surface area contributed by atoms with Gasteiger partial charge in [0, 0.05) is 25.4 Å². The second-order valence-electron chi connectivity index (χ2n) is 3.82. The van der Waals surface area contributed by atoms with Crippen LogP contribution >= 0.6 is 0 Å². The first-order valence-corrected chi connectivity index (χ1v) is 7.47. The van der Waals surface area contributed by atoms with Crippen LogP contribution in [0.4, 0.5) is 5.69 Å². The van der Waals surface area contributed by atoms with Gasteiger partial charge in [-0.25, -0.2) is 13.1 Å². The van der Waals surface area contributed by atoms with Gasteiger partial charge in [0.05, 0.1) is 17.6 Å². The van der Waals surface area contributed by atoms with Crippen molar-refractivity contribution in [2.75, 3.05) is 23.9 Å². The standard InChI is InChI=1S/C10H17N3O3S/c1-3-11-9-7-10(14)13(12-8-9)5-4-6-17(2,15)16/h7-8,11H,3-6H2,1-2H3. The monoisotopic (exact) mass is 259 g/mol. The molecule has 96 valence electrons. The van der Waals surface area contributed by atoms with Crippen molar-refractivity contribution in [3.63, 3.8) is 0 Å². The lowest BCUT2D eigenvalue weighted by atomic mass is 10.4. The molecule has 1 aromatic rings. The summed E-state index contributed by atoms with van der Waals surface area (Å²) in [4.78, 5) is 11.6. The minimum atomic E-state index is -2.98. The van der Waals surface area contributed by atoms with E-state index in [0.29, 0.717) is 18.7 Å². The molecule has 1 aromatic heterocycles. The third kappa shape index (κ3) is 4.99. The van der Waals surface area contributed by atoms with E-state index < -0.39 is 9.84 Å². The molecule has 0 saturated heterocycles. The van der Waals surface area contributed by atoms with Gasteiger partial charge < -0.3 is 5.32 Å². The van der Waals surface area contributed by atoms with E-state index in [4.69, 9.17) is 0 Å². The van der Waals surface area contributed by atoms with Crippen LogP contribution in [0, 0.1) is 0 Å². The minimum absolute atomic E-state index is 0.0656. The summed E-state index contributed by atoms with van der Waals surface area (Å²) in [7, 11) is -2.98. The Bertz CT molecular complexity index is 522. The third-order valence-corrected chi connectivity index (χ3v) is 3.17. The van der Waals surface area contributed by atoms with Crippen molar-refractivity contribution >= 4 is 15.5 Å². The molecule has 0 aromatic carbocycles. The zero-order valence-corrected chi connectivity index (χ0v) is 10.8. The quantitative estimate of drug-likeness (QED) is 0.784. The largest absolute Gasteiger partial charge is 0.384 e. The smallest absolute Gasteiger partial charge is 0.268 e. The van der Waals surface area contributed by atoms with E-state index >= 15 is 0 Å². The summed E-state index contributed by atoms with van der Waals surface area (Å²) in [6.07, 6.45) is 3.13. The van der Waals surface area contributed by atoms with Crippen molar-refractivity contribution in [1.29, 1.82) is 0 Å². The number of rotatable bonds is 6. The van der Waals surface area contributed by atoms with Gasteiger partial charge in [-0.15, -0.1) is 0 Å². The number of nitrogens with zero attached hydrogens (tertiary/aromatic N) is 2. The molecule has 0 spiro atoms. The normalized spacial score (nSPS) is 11.4. The van der Waals surface area contributed by atoms with Gasteiger partial charge in [-0.1, -0.05) is 0 Å². The lowest BCUT2D eigenvalue weighted by molar-refractivity contribution is 0.557. The summed E-state index contributed by atoms with van der Waals surface area (Å²) in [6.45, 7) is 2.97. The lowest BCUT2D eigenvalue weighted by Gasteiger charge is -2.06. The van der Waals surface area contributed by atoms with Crippen molar-refractivity contribution < 1.29 is 8.42 Å². The lowest BCUT2D eigenvalue weighted by Crippen LogP contribution is -2.23. The van der Waals surface area contributed by atoms with Gasteiger partial charge >= 0.3 is 0 Å². The Morgan fingerprint density at radius 1 is 1.47 bits per heavy atom. The average Bonchev–Trinajstić information content (AvgIpc) is 2.20. The predicted octanol–water partition coefficient (Wildman–Crippen LogP) is 0.110. The Morgan fingerprint density at radius 2 is 2.18 bits per heavy atom. The van der Waals surface area contributed by atoms with Crippen LogP contribution in [0.5, 0.6) is 0 Å². The van der Waals surface area contributed by atoms with Crippen LogP contribution in [-0.2, 0) is 16.4 Å². The molecule has 0 radical (unpaired) electrons. The van der Waals surface area contributed by atoms with Crippen LogP contribution < -0.4 is 10.9 Å². The SMILES string of the molecule is CCNc1cnn(CCCS(C)(=O)=O)c(=O)c1. The van der Waals surface area contributed by atoms with Crippen molar-refractivity contribution in [3.05, 3.63) is 22.6 Å². The maximum Gasteiger partial charge on any atom is 0.268 e. The molecule has 0 fully saturated rings. The highest BCUT2D eigenvalue weighted by Gasteiger charge is 2.04. The fourth-order valence-corrected chi connectivity index (χ4v) is 2.03. The second kappa shape index (κ2) is 5.81. The van der Waals surface area contributed by atoms with E-state index in [1.165, 1.54) is 17.0 Å². The fraction of sp³-hybridized carbons (Fsp3) is 0.600. The van der Waals surface area contributed by atoms with Gasteiger partial charge in [0.25, 0.3) is 5.56 Å². The molecule has 0 unspecified atom stereocenters. The summed E-state index contributed by atoms with van der Waals surface area (Å²) in [6, 6.07) is 1.46. The van der Waals surface area contributed by atoms with Gasteiger partial charge in [-0.05, 0) is 13.3 Å². The fourth-order valence-electron chi connectivity index (χ4n) is 1.38. The highest BCUT2D eigenvalue weighted by Crippen LogP contribution is 1.99. The molecular formula is C10H17N3O3S. The number of aromatic nitrogens is 2. The van der Waals surface area contributed by atoms with Gasteiger partial charge in [0.2, 0.25) is 0 Å². The Kier molecular flexibility index (Phi) is 4.68. The van der Waals surface area contributed by atoms with Crippen LogP contribution in [0.25, 0.3) is 0 Å². The summed E-state index contributed by atoms with van der Waals surface area (Å²) in [5, 5.41) is 6.95. The molecule has 0 amide bonds. The van der Waals surface area contributed by atoms with Gasteiger partial charge in [-0.3, -0.25) is 4.79 Å². The highest BCUT2D eigenvalue weighted by molar-refractivity contribution is 7.90. The predicted molar refractivity (Wildman–Crippen MR) is 67.0 cm³/mol. The van der Waals surface area contributed by atoms with Crippen molar-refractivity contribution in [2.45, 2.75) is 19.9 Å². The molecule has 1 N–H and O–H groups in total. The molecule has 0 saturated carbocycles. The van der Waals surface area contributed by atoms with Crippen LogP contribution in [0.1, 0.15) is 13.3 Å². The zero-order chi connectivity index (χ0) is 12.9. The first kappa shape index (κ1) is 13.7. The number of sulfone groups is 1. The molecule has 7 heteroatoms. The molecule has 1 rings (SSSR count). The molecule has 0 bridgehead atoms. The first-order chi connectivity index (χ1) is 7.92. The molecule has 6 nitrogen and oxygen atoms in total. The van der Waals surface area contributed by atoms with E-state index in [1.807, 2.05) is 6.92 Å². The van der Waals surface area contributed by atoms with Crippen molar-refractivity contribution in [1.82, 2.24) is 9.78 Å². The summed E-state index contributed by atoms with van der Waals surface area (Å²) in [5.74, 6) is 0.0656. The Hall–Kier alpha value is -1.37. The van der Waals surface area contributed by atoms with E-state index in [2.05, 4.69) is 10.4 Å². The Morgan fingerprint density at radius 3 is 2.71 bits per heavy atom. The maximum atomic E-state index is 11.6. The van der Waals surface area contributed by atoms with E-state index in [-0.39, 0.29) is 11.3 Å². The number of hydrogen-bond acceptors (Lipinski definition) is 5. The van der Waals surface area contributed by atoms with E-state index in [9.17, 15) is 13.2 Å². The van der Waals surface area contributed by atoms with Gasteiger partial charge in [-0.2, -0.15) is 5.10 Å². The molecule has 17 heavy (non-hydrogen) atoms. The number of anilines is 1. The van der Waals surface area contributed by atoms with E-state index in [0.717, 1.165) is 6.54 Å². The van der Waals surface area contributed by atoms with Crippen LogP contribution in [-0.4, -0.2) is 36.8 Å². The topological polar surface area (TPSA) is 81.1 Å². The summed E-state index contributed by atoms with van der Waals surface area (Å²) >= 11 is 0. The number of aryl methyl sites for hydroxylation is 1. The molecular weight excluding hydrogens is 242 g/mol. The number of hydrogen-bond donors (Lipinski definition) is 1. The van der Waals surface area contributed by atoms with Crippen molar-refractivity contribution in [3.8, 4) is 0 Å². The third-order valence-electron chi connectivity index (χ3n) is 2.14. The average molecular weight is 259 g/mol. The zero-order valence-electron chi connectivity index (χ0n) is 10.0. The summed E-state index contributed by atoms with van der Waals surface area (Å²) in [5.41, 5.74) is 0.453. The number of nitrogens with one attached hydrogen (secondary N) is 1. The molecule has 0 aliphatic carbocycles. The van der Waals surface area contributed by atoms with Crippen LogP contribution in [0.3, 0.4) is 0 Å². The maximum absolute atomic E-state index is 11.6. The van der Waals surface area contributed by atoms with Crippen LogP contribution in [0.2, 0.25) is 0 Å². The molecule has 1 heterocycles. The minimum Gasteiger partial charge on any atom is -0.384 e. The van der Waals surface area contributed by atoms with Crippen LogP contribution in [0.15, 0.2) is 17.1 Å². The second-order valence-corrected chi connectivity index (χ2v) is 6.08. The molecule has 0 atom stereocenters. The molecule has 0 aliphatic rings. The summed E-state index contributed by atoms with van der Waals surface area (Å²) < 4.78 is 23.1. The highest BCUT2D eigenvalue weighted by atomic mass is 32.2. The van der Waals surface area contributed by atoms with Gasteiger partial charge in [0.1, 0.15) is 9.84 Å². The Balaban J connectivity index is 2.64. The first-order valence-electron chi connectivity index (χ1n) is 5.41.